The second kappa shape index (κ2) is 5.27. The third kappa shape index (κ3) is 2.85. The molecule has 2 heterocycles. The van der Waals surface area contributed by atoms with E-state index < -0.39 is 18.6 Å². The van der Waals surface area contributed by atoms with Gasteiger partial charge in [-0.25, -0.2) is 5.48 Å². The van der Waals surface area contributed by atoms with Crippen molar-refractivity contribution < 1.29 is 23.2 Å². The van der Waals surface area contributed by atoms with E-state index >= 15 is 0 Å². The maximum absolute atomic E-state index is 12.5. The Kier molecular flexibility index (Phi) is 3.68. The van der Waals surface area contributed by atoms with Gasteiger partial charge >= 0.3 is 6.18 Å². The van der Waals surface area contributed by atoms with Gasteiger partial charge in [0, 0.05) is 37.4 Å². The van der Waals surface area contributed by atoms with Gasteiger partial charge in [-0.1, -0.05) is 6.92 Å². The van der Waals surface area contributed by atoms with Gasteiger partial charge in [-0.3, -0.25) is 14.9 Å². The van der Waals surface area contributed by atoms with Crippen molar-refractivity contribution >= 4 is 5.91 Å². The van der Waals surface area contributed by atoms with E-state index in [1.807, 2.05) is 23.8 Å². The minimum Gasteiger partial charge on any atom is -0.349 e. The summed E-state index contributed by atoms with van der Waals surface area (Å²) in [5, 5.41) is 8.71. The summed E-state index contributed by atoms with van der Waals surface area (Å²) in [6.07, 6.45) is -2.26. The third-order valence-electron chi connectivity index (χ3n) is 4.63. The lowest BCUT2D eigenvalue weighted by molar-refractivity contribution is -0.148. The van der Waals surface area contributed by atoms with Crippen LogP contribution in [0.1, 0.15) is 24.1 Å². The zero-order valence-corrected chi connectivity index (χ0v) is 12.1. The number of hydrogen-bond donors (Lipinski definition) is 2. The van der Waals surface area contributed by atoms with Crippen molar-refractivity contribution in [2.24, 2.45) is 11.8 Å². The van der Waals surface area contributed by atoms with E-state index in [1.165, 1.54) is 4.90 Å². The largest absolute Gasteiger partial charge is 0.401 e. The average molecular weight is 317 g/mol. The highest BCUT2D eigenvalue weighted by Crippen LogP contribution is 2.54. The first-order valence-corrected chi connectivity index (χ1v) is 7.22. The lowest BCUT2D eigenvalue weighted by atomic mass is 10.1. The Morgan fingerprint density at radius 3 is 2.82 bits per heavy atom. The van der Waals surface area contributed by atoms with Crippen molar-refractivity contribution in [3.63, 3.8) is 0 Å². The van der Waals surface area contributed by atoms with Crippen molar-refractivity contribution in [2.75, 3.05) is 13.1 Å². The number of hydrogen-bond acceptors (Lipinski definition) is 3. The fourth-order valence-corrected chi connectivity index (χ4v) is 3.50. The van der Waals surface area contributed by atoms with Crippen molar-refractivity contribution in [2.45, 2.75) is 32.1 Å². The Morgan fingerprint density at radius 2 is 2.18 bits per heavy atom. The normalized spacial score (nSPS) is 28.3. The maximum Gasteiger partial charge on any atom is 0.401 e. The maximum atomic E-state index is 12.5. The predicted molar refractivity (Wildman–Crippen MR) is 71.1 cm³/mol. The SMILES string of the molecule is CC1C(C(=O)NO)C1c1cc2n(c1)CCN(CC(F)(F)F)C2. The van der Waals surface area contributed by atoms with E-state index in [0.717, 1.165) is 11.3 Å². The highest BCUT2D eigenvalue weighted by molar-refractivity contribution is 5.82. The molecule has 2 N–H and O–H groups in total. The molecule has 8 heteroatoms. The molecule has 1 aromatic rings. The van der Waals surface area contributed by atoms with Crippen LogP contribution in [0.5, 0.6) is 0 Å². The summed E-state index contributed by atoms with van der Waals surface area (Å²) in [5.41, 5.74) is 3.48. The summed E-state index contributed by atoms with van der Waals surface area (Å²) >= 11 is 0. The van der Waals surface area contributed by atoms with E-state index in [0.29, 0.717) is 13.1 Å². The number of fused-ring (bicyclic) bond motifs is 1. The first-order valence-electron chi connectivity index (χ1n) is 7.22. The van der Waals surface area contributed by atoms with Crippen molar-refractivity contribution in [1.82, 2.24) is 14.9 Å². The van der Waals surface area contributed by atoms with E-state index in [2.05, 4.69) is 0 Å². The van der Waals surface area contributed by atoms with E-state index in [4.69, 9.17) is 5.21 Å². The van der Waals surface area contributed by atoms with Crippen molar-refractivity contribution in [1.29, 1.82) is 0 Å². The van der Waals surface area contributed by atoms with Crippen molar-refractivity contribution in [3.05, 3.63) is 23.5 Å². The van der Waals surface area contributed by atoms with Crippen LogP contribution in [0.4, 0.5) is 13.2 Å². The van der Waals surface area contributed by atoms with Crippen LogP contribution in [-0.2, 0) is 17.9 Å². The number of halogens is 3. The lowest BCUT2D eigenvalue weighted by Crippen LogP contribution is -2.39. The van der Waals surface area contributed by atoms with E-state index in [-0.39, 0.29) is 24.3 Å². The number of nitrogens with zero attached hydrogens (tertiary/aromatic N) is 2. The van der Waals surface area contributed by atoms with Crippen LogP contribution in [0, 0.1) is 11.8 Å². The van der Waals surface area contributed by atoms with Gasteiger partial charge in [0.05, 0.1) is 12.5 Å². The Morgan fingerprint density at radius 1 is 1.45 bits per heavy atom. The number of rotatable bonds is 3. The Balaban J connectivity index is 1.71. The number of alkyl halides is 3. The first kappa shape index (κ1) is 15.4. The van der Waals surface area contributed by atoms with Gasteiger partial charge in [-0.2, -0.15) is 13.2 Å². The minimum atomic E-state index is -4.19. The summed E-state index contributed by atoms with van der Waals surface area (Å²) in [7, 11) is 0. The van der Waals surface area contributed by atoms with Gasteiger partial charge in [0.2, 0.25) is 5.91 Å². The molecule has 0 spiro atoms. The summed E-state index contributed by atoms with van der Waals surface area (Å²) in [6, 6.07) is 1.88. The number of carbonyl (C=O) groups excluding carboxylic acids is 1. The molecule has 0 radical (unpaired) electrons. The van der Waals surface area contributed by atoms with Crippen LogP contribution in [0.15, 0.2) is 12.3 Å². The third-order valence-corrected chi connectivity index (χ3v) is 4.63. The molecule has 5 nitrogen and oxygen atoms in total. The predicted octanol–water partition coefficient (Wildman–Crippen LogP) is 1.72. The van der Waals surface area contributed by atoms with Gasteiger partial charge in [0.25, 0.3) is 0 Å². The van der Waals surface area contributed by atoms with Crippen molar-refractivity contribution in [3.8, 4) is 0 Å². The van der Waals surface area contributed by atoms with Gasteiger partial charge in [-0.05, 0) is 17.5 Å². The first-order chi connectivity index (χ1) is 10.3. The second-order valence-corrected chi connectivity index (χ2v) is 6.17. The standard InChI is InChI=1S/C14H18F3N3O2/c1-8-11(12(8)13(21)18-22)9-4-10-6-19(7-14(15,16)17)2-3-20(10)5-9/h4-5,8,11-12,22H,2-3,6-7H2,1H3,(H,18,21). The lowest BCUT2D eigenvalue weighted by Gasteiger charge is -2.28. The summed E-state index contributed by atoms with van der Waals surface area (Å²) in [6.45, 7) is 2.17. The molecule has 3 unspecified atom stereocenters. The van der Waals surface area contributed by atoms with Gasteiger partial charge in [0.1, 0.15) is 0 Å². The topological polar surface area (TPSA) is 57.5 Å². The fourth-order valence-electron chi connectivity index (χ4n) is 3.50. The highest BCUT2D eigenvalue weighted by atomic mass is 19.4. The van der Waals surface area contributed by atoms with Crippen LogP contribution < -0.4 is 5.48 Å². The van der Waals surface area contributed by atoms with Gasteiger partial charge < -0.3 is 4.57 Å². The molecular weight excluding hydrogens is 299 g/mol. The van der Waals surface area contributed by atoms with Crippen LogP contribution in [0.3, 0.4) is 0 Å². The molecule has 122 valence electrons. The van der Waals surface area contributed by atoms with Crippen LogP contribution in [0.25, 0.3) is 0 Å². The number of nitrogens with one attached hydrogen (secondary N) is 1. The smallest absolute Gasteiger partial charge is 0.349 e. The molecule has 2 aliphatic rings. The molecule has 1 aliphatic carbocycles. The molecule has 22 heavy (non-hydrogen) atoms. The molecule has 1 aliphatic heterocycles. The van der Waals surface area contributed by atoms with E-state index in [1.54, 1.807) is 5.48 Å². The zero-order chi connectivity index (χ0) is 16.1. The Hall–Kier alpha value is -1.54. The quantitative estimate of drug-likeness (QED) is 0.659. The Bertz CT molecular complexity index is 584. The average Bonchev–Trinajstić information content (AvgIpc) is 2.92. The number of carbonyl (C=O) groups is 1. The summed E-state index contributed by atoms with van der Waals surface area (Å²) < 4.78 is 39.4. The number of amides is 1. The van der Waals surface area contributed by atoms with Crippen LogP contribution in [-0.4, -0.2) is 39.8 Å². The van der Waals surface area contributed by atoms with E-state index in [9.17, 15) is 18.0 Å². The molecule has 1 fully saturated rings. The molecular formula is C14H18F3N3O2. The van der Waals surface area contributed by atoms with Crippen LogP contribution in [0.2, 0.25) is 0 Å². The van der Waals surface area contributed by atoms with Gasteiger partial charge in [0.15, 0.2) is 0 Å². The molecule has 1 aromatic heterocycles. The summed E-state index contributed by atoms with van der Waals surface area (Å²) in [5.74, 6) is -0.509. The molecule has 3 atom stereocenters. The fraction of sp³-hybridized carbons (Fsp3) is 0.643. The molecule has 3 rings (SSSR count). The van der Waals surface area contributed by atoms with Crippen LogP contribution >= 0.6 is 0 Å². The zero-order valence-electron chi connectivity index (χ0n) is 12.1. The van der Waals surface area contributed by atoms with Gasteiger partial charge in [-0.15, -0.1) is 0 Å². The minimum absolute atomic E-state index is 0.0290. The number of aromatic nitrogens is 1. The monoisotopic (exact) mass is 317 g/mol. The highest BCUT2D eigenvalue weighted by Gasteiger charge is 2.53. The molecule has 1 saturated carbocycles. The molecule has 0 aromatic carbocycles. The Labute approximate surface area is 125 Å². The molecule has 1 amide bonds. The second-order valence-electron chi connectivity index (χ2n) is 6.17. The summed E-state index contributed by atoms with van der Waals surface area (Å²) in [4.78, 5) is 12.9. The number of hydroxylamine groups is 1. The molecule has 0 bridgehead atoms. The molecule has 0 saturated heterocycles.